The molecule has 0 radical (unpaired) electrons. The van der Waals surface area contributed by atoms with Gasteiger partial charge in [-0.25, -0.2) is 4.79 Å². The summed E-state index contributed by atoms with van der Waals surface area (Å²) in [6.45, 7) is 5.07. The van der Waals surface area contributed by atoms with E-state index in [0.717, 1.165) is 11.3 Å². The number of carbonyl (C=O) groups is 1. The maximum atomic E-state index is 12.7. The van der Waals surface area contributed by atoms with Crippen molar-refractivity contribution in [2.24, 2.45) is 0 Å². The number of hydrogen-bond acceptors (Lipinski definition) is 2. The van der Waals surface area contributed by atoms with E-state index in [-0.39, 0.29) is 11.4 Å². The summed E-state index contributed by atoms with van der Waals surface area (Å²) in [4.78, 5) is 14.6. The van der Waals surface area contributed by atoms with Gasteiger partial charge >= 0.3 is 6.03 Å². The highest BCUT2D eigenvalue weighted by Gasteiger charge is 2.30. The van der Waals surface area contributed by atoms with Crippen LogP contribution < -0.4 is 5.32 Å². The Balaban J connectivity index is 1.74. The molecule has 1 heterocycles. The summed E-state index contributed by atoms with van der Waals surface area (Å²) in [5.74, 6) is 1.42. The maximum absolute atomic E-state index is 12.7. The number of nitrogens with zero attached hydrogens (tertiary/aromatic N) is 1. The van der Waals surface area contributed by atoms with Gasteiger partial charge in [0.2, 0.25) is 0 Å². The lowest BCUT2D eigenvalue weighted by Gasteiger charge is -2.25. The normalized spacial score (nSPS) is 17.2. The highest BCUT2D eigenvalue weighted by molar-refractivity contribution is 7.99. The summed E-state index contributed by atoms with van der Waals surface area (Å²) in [5, 5.41) is 3.84. The molecule has 132 valence electrons. The second kappa shape index (κ2) is 7.90. The van der Waals surface area contributed by atoms with Crippen LogP contribution in [0.15, 0.2) is 42.5 Å². The van der Waals surface area contributed by atoms with E-state index in [1.807, 2.05) is 4.90 Å². The number of amides is 2. The van der Waals surface area contributed by atoms with Crippen molar-refractivity contribution in [3.63, 3.8) is 0 Å². The van der Waals surface area contributed by atoms with E-state index in [2.05, 4.69) is 43.4 Å². The van der Waals surface area contributed by atoms with Gasteiger partial charge in [-0.15, -0.1) is 11.8 Å². The molecule has 0 spiro atoms. The van der Waals surface area contributed by atoms with Crippen molar-refractivity contribution in [2.45, 2.75) is 25.1 Å². The zero-order valence-corrected chi connectivity index (χ0v) is 16.5. The Morgan fingerprint density at radius 2 is 1.88 bits per heavy atom. The standard InChI is InChI=1S/C19H20Cl2N2OS/c1-12(2)13-3-5-14(6-4-13)18-23(9-10-25-18)19(24)22-15-7-8-16(20)17(21)11-15/h3-8,11-12,18H,9-10H2,1-2H3,(H,22,24)/t18-/m1/s1. The number of urea groups is 1. The van der Waals surface area contributed by atoms with E-state index >= 15 is 0 Å². The molecule has 2 aromatic carbocycles. The third-order valence-corrected chi connectivity index (χ3v) is 6.21. The fourth-order valence-corrected chi connectivity index (χ4v) is 4.32. The van der Waals surface area contributed by atoms with E-state index < -0.39 is 0 Å². The lowest BCUT2D eigenvalue weighted by molar-refractivity contribution is 0.214. The molecule has 3 nitrogen and oxygen atoms in total. The number of carbonyl (C=O) groups excluding carboxylic acids is 1. The number of benzene rings is 2. The number of rotatable bonds is 3. The van der Waals surface area contributed by atoms with Crippen LogP contribution in [0.2, 0.25) is 10.0 Å². The first kappa shape index (κ1) is 18.4. The third kappa shape index (κ3) is 4.25. The van der Waals surface area contributed by atoms with E-state index in [1.165, 1.54) is 5.56 Å². The molecule has 0 aliphatic carbocycles. The highest BCUT2D eigenvalue weighted by Crippen LogP contribution is 2.38. The van der Waals surface area contributed by atoms with Crippen LogP contribution in [0, 0.1) is 0 Å². The SMILES string of the molecule is CC(C)c1ccc([C@H]2SCCN2C(=O)Nc2ccc(Cl)c(Cl)c2)cc1. The van der Waals surface area contributed by atoms with Gasteiger partial charge in [0.05, 0.1) is 10.0 Å². The van der Waals surface area contributed by atoms with E-state index in [1.54, 1.807) is 30.0 Å². The predicted molar refractivity (Wildman–Crippen MR) is 108 cm³/mol. The first-order valence-corrected chi connectivity index (χ1v) is 10.0. The van der Waals surface area contributed by atoms with Gasteiger partial charge in [-0.1, -0.05) is 61.3 Å². The van der Waals surface area contributed by atoms with Crippen LogP contribution in [0.25, 0.3) is 0 Å². The number of nitrogens with one attached hydrogen (secondary N) is 1. The fourth-order valence-electron chi connectivity index (χ4n) is 2.77. The van der Waals surface area contributed by atoms with Gasteiger partial charge in [-0.2, -0.15) is 0 Å². The Bertz CT molecular complexity index is 765. The average molecular weight is 395 g/mol. The molecule has 1 saturated heterocycles. The molecular weight excluding hydrogens is 375 g/mol. The monoisotopic (exact) mass is 394 g/mol. The van der Waals surface area contributed by atoms with Crippen molar-refractivity contribution in [2.75, 3.05) is 17.6 Å². The van der Waals surface area contributed by atoms with Crippen molar-refractivity contribution in [1.29, 1.82) is 0 Å². The van der Waals surface area contributed by atoms with Gasteiger partial charge in [0, 0.05) is 18.0 Å². The van der Waals surface area contributed by atoms with Gasteiger partial charge in [0.25, 0.3) is 0 Å². The summed E-state index contributed by atoms with van der Waals surface area (Å²) in [6.07, 6.45) is 0. The van der Waals surface area contributed by atoms with Crippen LogP contribution in [-0.4, -0.2) is 23.2 Å². The molecule has 1 fully saturated rings. The second-order valence-electron chi connectivity index (χ2n) is 6.30. The summed E-state index contributed by atoms with van der Waals surface area (Å²) in [6, 6.07) is 13.5. The van der Waals surface area contributed by atoms with Crippen molar-refractivity contribution >= 4 is 46.7 Å². The summed E-state index contributed by atoms with van der Waals surface area (Å²) in [7, 11) is 0. The third-order valence-electron chi connectivity index (χ3n) is 4.21. The largest absolute Gasteiger partial charge is 0.323 e. The molecule has 2 amide bonds. The number of thioether (sulfide) groups is 1. The zero-order chi connectivity index (χ0) is 18.0. The Morgan fingerprint density at radius 3 is 2.52 bits per heavy atom. The molecule has 1 aliphatic rings. The summed E-state index contributed by atoms with van der Waals surface area (Å²) >= 11 is 13.7. The molecular formula is C19H20Cl2N2OS. The van der Waals surface area contributed by atoms with Gasteiger partial charge in [0.15, 0.2) is 0 Å². The Kier molecular flexibility index (Phi) is 5.82. The van der Waals surface area contributed by atoms with Gasteiger partial charge in [-0.05, 0) is 35.2 Å². The molecule has 1 aliphatic heterocycles. The molecule has 6 heteroatoms. The number of hydrogen-bond donors (Lipinski definition) is 1. The van der Waals surface area contributed by atoms with Crippen LogP contribution in [0.5, 0.6) is 0 Å². The lowest BCUT2D eigenvalue weighted by Crippen LogP contribution is -2.34. The van der Waals surface area contributed by atoms with E-state index in [9.17, 15) is 4.79 Å². The highest BCUT2D eigenvalue weighted by atomic mass is 35.5. The quantitative estimate of drug-likeness (QED) is 0.653. The molecule has 0 unspecified atom stereocenters. The molecule has 1 atom stereocenters. The lowest BCUT2D eigenvalue weighted by atomic mass is 10.0. The van der Waals surface area contributed by atoms with E-state index in [4.69, 9.17) is 23.2 Å². The van der Waals surface area contributed by atoms with Crippen LogP contribution in [0.1, 0.15) is 36.3 Å². The van der Waals surface area contributed by atoms with Crippen LogP contribution in [-0.2, 0) is 0 Å². The van der Waals surface area contributed by atoms with Crippen molar-refractivity contribution in [3.05, 3.63) is 63.6 Å². The molecule has 3 rings (SSSR count). The minimum atomic E-state index is -0.124. The average Bonchev–Trinajstić information content (AvgIpc) is 3.08. The molecule has 25 heavy (non-hydrogen) atoms. The second-order valence-corrected chi connectivity index (χ2v) is 8.30. The van der Waals surface area contributed by atoms with Crippen molar-refractivity contribution in [3.8, 4) is 0 Å². The van der Waals surface area contributed by atoms with Crippen molar-refractivity contribution in [1.82, 2.24) is 4.90 Å². The zero-order valence-electron chi connectivity index (χ0n) is 14.1. The van der Waals surface area contributed by atoms with Crippen LogP contribution in [0.4, 0.5) is 10.5 Å². The molecule has 2 aromatic rings. The molecule has 0 bridgehead atoms. The van der Waals surface area contributed by atoms with Gasteiger partial charge in [0.1, 0.15) is 5.37 Å². The maximum Gasteiger partial charge on any atom is 0.323 e. The Labute approximate surface area is 162 Å². The predicted octanol–water partition coefficient (Wildman–Crippen LogP) is 6.40. The van der Waals surface area contributed by atoms with Gasteiger partial charge in [-0.3, -0.25) is 0 Å². The molecule has 0 aromatic heterocycles. The molecule has 1 N–H and O–H groups in total. The summed E-state index contributed by atoms with van der Waals surface area (Å²) < 4.78 is 0. The Morgan fingerprint density at radius 1 is 1.16 bits per heavy atom. The van der Waals surface area contributed by atoms with Crippen LogP contribution >= 0.6 is 35.0 Å². The molecule has 0 saturated carbocycles. The van der Waals surface area contributed by atoms with Crippen molar-refractivity contribution < 1.29 is 4.79 Å². The first-order chi connectivity index (χ1) is 12.0. The minimum absolute atomic E-state index is 0.0315. The van der Waals surface area contributed by atoms with E-state index in [0.29, 0.717) is 28.2 Å². The topological polar surface area (TPSA) is 32.3 Å². The Hall–Kier alpha value is -1.36. The van der Waals surface area contributed by atoms with Crippen LogP contribution in [0.3, 0.4) is 0 Å². The van der Waals surface area contributed by atoms with Gasteiger partial charge < -0.3 is 10.2 Å². The smallest absolute Gasteiger partial charge is 0.308 e. The fraction of sp³-hybridized carbons (Fsp3) is 0.316. The minimum Gasteiger partial charge on any atom is -0.308 e. The summed E-state index contributed by atoms with van der Waals surface area (Å²) in [5.41, 5.74) is 3.10. The first-order valence-electron chi connectivity index (χ1n) is 8.20. The number of anilines is 1. The number of halogens is 2.